The topological polar surface area (TPSA) is 62.0 Å². The van der Waals surface area contributed by atoms with Crippen molar-refractivity contribution in [1.82, 2.24) is 4.98 Å². The predicted molar refractivity (Wildman–Crippen MR) is 83.9 cm³/mol. The number of carbonyl (C=O) groups excluding carboxylic acids is 1. The van der Waals surface area contributed by atoms with E-state index in [2.05, 4.69) is 10.3 Å². The molecule has 0 bridgehead atoms. The van der Waals surface area contributed by atoms with Crippen LogP contribution in [0.3, 0.4) is 0 Å². The highest BCUT2D eigenvalue weighted by Crippen LogP contribution is 2.16. The number of hydrogen-bond donors (Lipinski definition) is 2. The molecule has 3 aromatic rings. The molecule has 4 nitrogen and oxygen atoms in total. The van der Waals surface area contributed by atoms with E-state index in [9.17, 15) is 18.4 Å². The molecule has 1 amide bonds. The molecular formula is C16H9ClF2N2O2. The fourth-order valence-electron chi connectivity index (χ4n) is 2.18. The van der Waals surface area contributed by atoms with Gasteiger partial charge in [0.15, 0.2) is 0 Å². The number of carbonyl (C=O) groups is 1. The van der Waals surface area contributed by atoms with E-state index in [-0.39, 0.29) is 16.6 Å². The van der Waals surface area contributed by atoms with Crippen LogP contribution in [0, 0.1) is 11.6 Å². The van der Waals surface area contributed by atoms with Crippen molar-refractivity contribution in [2.45, 2.75) is 0 Å². The summed E-state index contributed by atoms with van der Waals surface area (Å²) in [7, 11) is 0. The van der Waals surface area contributed by atoms with Crippen molar-refractivity contribution in [2.24, 2.45) is 0 Å². The van der Waals surface area contributed by atoms with Crippen molar-refractivity contribution in [3.05, 3.63) is 75.0 Å². The first kappa shape index (κ1) is 15.2. The number of fused-ring (bicyclic) bond motifs is 1. The summed E-state index contributed by atoms with van der Waals surface area (Å²) in [5, 5.41) is 2.89. The van der Waals surface area contributed by atoms with Gasteiger partial charge in [-0.25, -0.2) is 8.78 Å². The SMILES string of the molecule is O=C(Nc1cc(F)cc(F)c1)c1c[nH]c2ccc(Cl)cc2c1=O. The second-order valence-corrected chi connectivity index (χ2v) is 5.27. The Kier molecular flexibility index (Phi) is 3.83. The molecule has 0 saturated carbocycles. The molecule has 0 radical (unpaired) electrons. The highest BCUT2D eigenvalue weighted by atomic mass is 35.5. The van der Waals surface area contributed by atoms with Crippen LogP contribution < -0.4 is 10.7 Å². The van der Waals surface area contributed by atoms with Crippen molar-refractivity contribution >= 4 is 34.1 Å². The third-order valence-corrected chi connectivity index (χ3v) is 3.44. The number of amides is 1. The summed E-state index contributed by atoms with van der Waals surface area (Å²) in [6.07, 6.45) is 1.24. The zero-order valence-electron chi connectivity index (χ0n) is 11.5. The largest absolute Gasteiger partial charge is 0.360 e. The van der Waals surface area contributed by atoms with Crippen LogP contribution in [0.2, 0.25) is 5.02 Å². The molecule has 3 rings (SSSR count). The number of halogens is 3. The van der Waals surface area contributed by atoms with E-state index < -0.39 is 23.0 Å². The normalized spacial score (nSPS) is 10.7. The van der Waals surface area contributed by atoms with E-state index in [1.807, 2.05) is 0 Å². The second kappa shape index (κ2) is 5.81. The number of benzene rings is 2. The van der Waals surface area contributed by atoms with Gasteiger partial charge in [0.1, 0.15) is 17.2 Å². The molecule has 0 aliphatic heterocycles. The van der Waals surface area contributed by atoms with Gasteiger partial charge in [-0.1, -0.05) is 11.6 Å². The Morgan fingerprint density at radius 1 is 1.09 bits per heavy atom. The van der Waals surface area contributed by atoms with Crippen LogP contribution in [0.4, 0.5) is 14.5 Å². The summed E-state index contributed by atoms with van der Waals surface area (Å²) < 4.78 is 26.3. The smallest absolute Gasteiger partial charge is 0.261 e. The molecule has 116 valence electrons. The molecule has 23 heavy (non-hydrogen) atoms. The Morgan fingerprint density at radius 3 is 2.48 bits per heavy atom. The Morgan fingerprint density at radius 2 is 1.78 bits per heavy atom. The van der Waals surface area contributed by atoms with Gasteiger partial charge in [-0.05, 0) is 30.3 Å². The molecule has 0 spiro atoms. The van der Waals surface area contributed by atoms with Gasteiger partial charge in [-0.3, -0.25) is 9.59 Å². The molecule has 0 saturated heterocycles. The van der Waals surface area contributed by atoms with Crippen LogP contribution in [0.5, 0.6) is 0 Å². The summed E-state index contributed by atoms with van der Waals surface area (Å²) in [6, 6.07) is 7.24. The summed E-state index contributed by atoms with van der Waals surface area (Å²) in [5.74, 6) is -2.45. The summed E-state index contributed by atoms with van der Waals surface area (Å²) in [5.41, 5.74) is -0.286. The van der Waals surface area contributed by atoms with E-state index >= 15 is 0 Å². The maximum Gasteiger partial charge on any atom is 0.261 e. The maximum absolute atomic E-state index is 13.1. The quantitative estimate of drug-likeness (QED) is 0.750. The number of pyridine rings is 1. The summed E-state index contributed by atoms with van der Waals surface area (Å²) in [6.45, 7) is 0. The van der Waals surface area contributed by atoms with Gasteiger partial charge in [-0.2, -0.15) is 0 Å². The lowest BCUT2D eigenvalue weighted by atomic mass is 10.1. The highest BCUT2D eigenvalue weighted by Gasteiger charge is 2.14. The lowest BCUT2D eigenvalue weighted by Crippen LogP contribution is -2.22. The molecule has 0 atom stereocenters. The van der Waals surface area contributed by atoms with Crippen LogP contribution in [-0.4, -0.2) is 10.9 Å². The molecule has 0 aliphatic carbocycles. The van der Waals surface area contributed by atoms with Crippen LogP contribution >= 0.6 is 11.6 Å². The molecule has 0 fully saturated rings. The van der Waals surface area contributed by atoms with Crippen LogP contribution in [0.15, 0.2) is 47.4 Å². The van der Waals surface area contributed by atoms with E-state index in [4.69, 9.17) is 11.6 Å². The minimum atomic E-state index is -0.834. The monoisotopic (exact) mass is 334 g/mol. The number of nitrogens with one attached hydrogen (secondary N) is 2. The number of aromatic amines is 1. The van der Waals surface area contributed by atoms with E-state index in [0.717, 1.165) is 12.1 Å². The molecule has 0 unspecified atom stereocenters. The van der Waals surface area contributed by atoms with Crippen molar-refractivity contribution in [1.29, 1.82) is 0 Å². The summed E-state index contributed by atoms with van der Waals surface area (Å²) in [4.78, 5) is 27.3. The maximum atomic E-state index is 13.1. The fraction of sp³-hybridized carbons (Fsp3) is 0. The van der Waals surface area contributed by atoms with E-state index in [0.29, 0.717) is 16.6 Å². The number of H-pyrrole nitrogens is 1. The van der Waals surface area contributed by atoms with Crippen molar-refractivity contribution in [2.75, 3.05) is 5.32 Å². The van der Waals surface area contributed by atoms with Crippen LogP contribution in [0.25, 0.3) is 10.9 Å². The standard InChI is InChI=1S/C16H9ClF2N2O2/c17-8-1-2-14-12(3-8)15(22)13(7-20-14)16(23)21-11-5-9(18)4-10(19)6-11/h1-7H,(H,20,22)(H,21,23). The number of rotatable bonds is 2. The van der Waals surface area contributed by atoms with Crippen LogP contribution in [-0.2, 0) is 0 Å². The fourth-order valence-corrected chi connectivity index (χ4v) is 2.36. The van der Waals surface area contributed by atoms with Gasteiger partial charge in [-0.15, -0.1) is 0 Å². The third kappa shape index (κ3) is 3.07. The van der Waals surface area contributed by atoms with Crippen molar-refractivity contribution in [3.8, 4) is 0 Å². The molecular weight excluding hydrogens is 326 g/mol. The lowest BCUT2D eigenvalue weighted by molar-refractivity contribution is 0.102. The number of anilines is 1. The first-order valence-electron chi connectivity index (χ1n) is 6.52. The predicted octanol–water partition coefficient (Wildman–Crippen LogP) is 3.71. The molecule has 2 aromatic carbocycles. The number of aromatic nitrogens is 1. The molecule has 7 heteroatoms. The van der Waals surface area contributed by atoms with Crippen molar-refractivity contribution in [3.63, 3.8) is 0 Å². The number of hydrogen-bond acceptors (Lipinski definition) is 2. The first-order valence-corrected chi connectivity index (χ1v) is 6.90. The van der Waals surface area contributed by atoms with Gasteiger partial charge < -0.3 is 10.3 Å². The van der Waals surface area contributed by atoms with Crippen LogP contribution in [0.1, 0.15) is 10.4 Å². The van der Waals surface area contributed by atoms with E-state index in [1.54, 1.807) is 12.1 Å². The lowest BCUT2D eigenvalue weighted by Gasteiger charge is -2.06. The Labute approximate surface area is 133 Å². The molecule has 0 aliphatic rings. The zero-order chi connectivity index (χ0) is 16.6. The minimum Gasteiger partial charge on any atom is -0.360 e. The summed E-state index contributed by atoms with van der Waals surface area (Å²) >= 11 is 5.85. The Bertz CT molecular complexity index is 965. The van der Waals surface area contributed by atoms with Gasteiger partial charge in [0, 0.05) is 33.9 Å². The van der Waals surface area contributed by atoms with Gasteiger partial charge in [0.2, 0.25) is 5.43 Å². The second-order valence-electron chi connectivity index (χ2n) is 4.83. The average molecular weight is 335 g/mol. The van der Waals surface area contributed by atoms with Gasteiger partial charge in [0.25, 0.3) is 5.91 Å². The first-order chi connectivity index (χ1) is 10.9. The molecule has 1 aromatic heterocycles. The highest BCUT2D eigenvalue weighted by molar-refractivity contribution is 6.31. The Balaban J connectivity index is 2.01. The van der Waals surface area contributed by atoms with Crippen molar-refractivity contribution < 1.29 is 13.6 Å². The molecule has 1 heterocycles. The van der Waals surface area contributed by atoms with Gasteiger partial charge in [0.05, 0.1) is 0 Å². The zero-order valence-corrected chi connectivity index (χ0v) is 12.2. The Hall–Kier alpha value is -2.73. The van der Waals surface area contributed by atoms with E-state index in [1.165, 1.54) is 12.3 Å². The average Bonchev–Trinajstić information content (AvgIpc) is 2.47. The molecule has 2 N–H and O–H groups in total. The minimum absolute atomic E-state index is 0.0851. The van der Waals surface area contributed by atoms with Gasteiger partial charge >= 0.3 is 0 Å². The third-order valence-electron chi connectivity index (χ3n) is 3.21.